The number of methoxy groups -OCH3 is 1. The number of nitrogens with zero attached hydrogens (tertiary/aromatic N) is 1. The normalized spacial score (nSPS) is 25.4. The van der Waals surface area contributed by atoms with Gasteiger partial charge in [0.05, 0.1) is 26.0 Å². The minimum Gasteiger partial charge on any atom is -0.376 e. The molecular weight excluding hydrogens is 288 g/mol. The van der Waals surface area contributed by atoms with Crippen molar-refractivity contribution in [2.24, 2.45) is 0 Å². The minimum absolute atomic E-state index is 0.122. The predicted molar refractivity (Wildman–Crippen MR) is 71.6 cm³/mol. The SMILES string of the molecule is [B][C@H]1COC[C@@H](OC)N1S(=O)(=O)c1ccc(Cl)cc1. The van der Waals surface area contributed by atoms with Gasteiger partial charge in [0.1, 0.15) is 6.23 Å². The topological polar surface area (TPSA) is 55.8 Å². The van der Waals surface area contributed by atoms with Gasteiger partial charge in [-0.3, -0.25) is 0 Å². The second-order valence-corrected chi connectivity index (χ2v) is 6.36. The van der Waals surface area contributed by atoms with Crippen LogP contribution in [0.4, 0.5) is 0 Å². The molecule has 2 atom stereocenters. The maximum Gasteiger partial charge on any atom is 0.244 e. The van der Waals surface area contributed by atoms with Gasteiger partial charge in [0, 0.05) is 18.1 Å². The largest absolute Gasteiger partial charge is 0.376 e. The standard InChI is InChI=1S/C11H13BClNO4S/c1-17-11-7-18-6-10(12)14(11)19(15,16)9-4-2-8(13)3-5-9/h2-5,10-11H,6-7H2,1H3/t10-,11-/m1/s1. The summed E-state index contributed by atoms with van der Waals surface area (Å²) in [7, 11) is 3.48. The lowest BCUT2D eigenvalue weighted by atomic mass is 9.96. The van der Waals surface area contributed by atoms with E-state index >= 15 is 0 Å². The summed E-state index contributed by atoms with van der Waals surface area (Å²) in [6.45, 7) is 0.281. The molecule has 5 nitrogen and oxygen atoms in total. The van der Waals surface area contributed by atoms with Crippen LogP contribution in [0.25, 0.3) is 0 Å². The van der Waals surface area contributed by atoms with Crippen LogP contribution in [0.2, 0.25) is 5.02 Å². The van der Waals surface area contributed by atoms with Crippen LogP contribution in [-0.2, 0) is 19.5 Å². The number of morpholine rings is 1. The summed E-state index contributed by atoms with van der Waals surface area (Å²) in [6, 6.07) is 5.91. The van der Waals surface area contributed by atoms with Crippen LogP contribution in [0, 0.1) is 0 Å². The van der Waals surface area contributed by atoms with E-state index in [-0.39, 0.29) is 18.1 Å². The fraction of sp³-hybridized carbons (Fsp3) is 0.455. The number of hydrogen-bond acceptors (Lipinski definition) is 4. The van der Waals surface area contributed by atoms with Crippen molar-refractivity contribution in [3.05, 3.63) is 29.3 Å². The highest BCUT2D eigenvalue weighted by Gasteiger charge is 2.38. The molecule has 0 bridgehead atoms. The third-order valence-electron chi connectivity index (χ3n) is 2.82. The maximum atomic E-state index is 12.5. The number of rotatable bonds is 3. The average molecular weight is 302 g/mol. The number of halogens is 1. The Hall–Kier alpha value is -0.595. The molecule has 1 aromatic carbocycles. The molecular formula is C11H13BClNO4S. The van der Waals surface area contributed by atoms with E-state index in [0.29, 0.717) is 5.02 Å². The lowest BCUT2D eigenvalue weighted by Gasteiger charge is -2.38. The van der Waals surface area contributed by atoms with Crippen molar-refractivity contribution in [2.45, 2.75) is 17.1 Å². The van der Waals surface area contributed by atoms with E-state index in [1.165, 1.54) is 31.4 Å². The molecule has 0 N–H and O–H groups in total. The van der Waals surface area contributed by atoms with Crippen LogP contribution < -0.4 is 0 Å². The highest BCUT2D eigenvalue weighted by atomic mass is 35.5. The molecule has 0 unspecified atom stereocenters. The van der Waals surface area contributed by atoms with Crippen LogP contribution in [0.15, 0.2) is 29.2 Å². The first kappa shape index (κ1) is 14.8. The van der Waals surface area contributed by atoms with Gasteiger partial charge in [-0.1, -0.05) is 11.6 Å². The zero-order valence-corrected chi connectivity index (χ0v) is 11.9. The van der Waals surface area contributed by atoms with Gasteiger partial charge in [0.15, 0.2) is 0 Å². The van der Waals surface area contributed by atoms with E-state index in [1.54, 1.807) is 0 Å². The highest BCUT2D eigenvalue weighted by molar-refractivity contribution is 7.89. The highest BCUT2D eigenvalue weighted by Crippen LogP contribution is 2.24. The van der Waals surface area contributed by atoms with Gasteiger partial charge in [-0.2, -0.15) is 4.31 Å². The van der Waals surface area contributed by atoms with Crippen LogP contribution in [0.1, 0.15) is 0 Å². The maximum absolute atomic E-state index is 12.5. The monoisotopic (exact) mass is 301 g/mol. The Morgan fingerprint density at radius 2 is 2.00 bits per heavy atom. The van der Waals surface area contributed by atoms with Crippen molar-refractivity contribution >= 4 is 29.5 Å². The van der Waals surface area contributed by atoms with E-state index in [0.717, 1.165) is 4.31 Å². The molecule has 2 radical (unpaired) electrons. The fourth-order valence-electron chi connectivity index (χ4n) is 1.88. The average Bonchev–Trinajstić information content (AvgIpc) is 2.38. The van der Waals surface area contributed by atoms with Crippen molar-refractivity contribution < 1.29 is 17.9 Å². The molecule has 102 valence electrons. The number of hydrogen-bond donors (Lipinski definition) is 0. The van der Waals surface area contributed by atoms with Crippen molar-refractivity contribution in [3.8, 4) is 0 Å². The van der Waals surface area contributed by atoms with Crippen molar-refractivity contribution in [1.29, 1.82) is 0 Å². The van der Waals surface area contributed by atoms with E-state index in [1.807, 2.05) is 0 Å². The molecule has 1 heterocycles. The Kier molecular flexibility index (Phi) is 4.52. The van der Waals surface area contributed by atoms with Crippen LogP contribution in [0.3, 0.4) is 0 Å². The number of sulfonamides is 1. The van der Waals surface area contributed by atoms with Gasteiger partial charge < -0.3 is 9.47 Å². The van der Waals surface area contributed by atoms with E-state index in [4.69, 9.17) is 28.9 Å². The van der Waals surface area contributed by atoms with Crippen molar-refractivity contribution in [1.82, 2.24) is 4.31 Å². The number of benzene rings is 1. The summed E-state index contributed by atoms with van der Waals surface area (Å²) in [5.74, 6) is -0.778. The Bertz CT molecular complexity index is 536. The first-order chi connectivity index (χ1) is 8.96. The lowest BCUT2D eigenvalue weighted by Crippen LogP contribution is -2.55. The summed E-state index contributed by atoms with van der Waals surface area (Å²) >= 11 is 5.75. The Labute approximate surface area is 118 Å². The van der Waals surface area contributed by atoms with E-state index in [9.17, 15) is 8.42 Å². The summed E-state index contributed by atoms with van der Waals surface area (Å²) in [6.07, 6.45) is -0.732. The molecule has 0 aromatic heterocycles. The Morgan fingerprint density at radius 1 is 1.37 bits per heavy atom. The molecule has 0 saturated carbocycles. The lowest BCUT2D eigenvalue weighted by molar-refractivity contribution is -0.0967. The molecule has 0 aliphatic carbocycles. The molecule has 0 spiro atoms. The fourth-order valence-corrected chi connectivity index (χ4v) is 3.61. The molecule has 1 aliphatic rings. The second-order valence-electron chi connectivity index (χ2n) is 4.08. The summed E-state index contributed by atoms with van der Waals surface area (Å²) in [4.78, 5) is 0.122. The zero-order chi connectivity index (χ0) is 14.0. The Morgan fingerprint density at radius 3 is 2.58 bits per heavy atom. The molecule has 8 heteroatoms. The zero-order valence-electron chi connectivity index (χ0n) is 10.3. The first-order valence-electron chi connectivity index (χ1n) is 5.62. The molecule has 19 heavy (non-hydrogen) atoms. The third kappa shape index (κ3) is 2.95. The third-order valence-corrected chi connectivity index (χ3v) is 5.00. The molecule has 1 aliphatic heterocycles. The predicted octanol–water partition coefficient (Wildman–Crippen LogP) is 0.828. The van der Waals surface area contributed by atoms with E-state index in [2.05, 4.69) is 0 Å². The molecule has 1 aromatic rings. The summed E-state index contributed by atoms with van der Waals surface area (Å²) in [5.41, 5.74) is 0. The van der Waals surface area contributed by atoms with Gasteiger partial charge in [-0.25, -0.2) is 8.42 Å². The minimum atomic E-state index is -3.74. The number of ether oxygens (including phenoxy) is 2. The molecule has 1 fully saturated rings. The smallest absolute Gasteiger partial charge is 0.244 e. The quantitative estimate of drug-likeness (QED) is 0.776. The van der Waals surface area contributed by atoms with Crippen LogP contribution >= 0.6 is 11.6 Å². The molecule has 0 amide bonds. The summed E-state index contributed by atoms with van der Waals surface area (Å²) in [5, 5.41) is 0.466. The van der Waals surface area contributed by atoms with Gasteiger partial charge in [0.2, 0.25) is 10.0 Å². The second kappa shape index (κ2) is 5.81. The van der Waals surface area contributed by atoms with Gasteiger partial charge >= 0.3 is 0 Å². The molecule has 2 rings (SSSR count). The Balaban J connectivity index is 2.38. The van der Waals surface area contributed by atoms with Crippen LogP contribution in [0.5, 0.6) is 0 Å². The van der Waals surface area contributed by atoms with Gasteiger partial charge in [-0.15, -0.1) is 0 Å². The van der Waals surface area contributed by atoms with Gasteiger partial charge in [-0.05, 0) is 24.3 Å². The van der Waals surface area contributed by atoms with Gasteiger partial charge in [0.25, 0.3) is 0 Å². The van der Waals surface area contributed by atoms with Crippen molar-refractivity contribution in [2.75, 3.05) is 20.3 Å². The van der Waals surface area contributed by atoms with E-state index < -0.39 is 22.2 Å². The molecule has 1 saturated heterocycles. The first-order valence-corrected chi connectivity index (χ1v) is 7.44. The summed E-state index contributed by atoms with van der Waals surface area (Å²) < 4.78 is 36.5. The van der Waals surface area contributed by atoms with Crippen molar-refractivity contribution in [3.63, 3.8) is 0 Å². The van der Waals surface area contributed by atoms with Crippen LogP contribution in [-0.4, -0.2) is 53.1 Å².